The van der Waals surface area contributed by atoms with E-state index in [1.807, 2.05) is 12.2 Å². The molecule has 2 aromatic rings. The van der Waals surface area contributed by atoms with Crippen LogP contribution in [0.4, 0.5) is 4.39 Å². The highest BCUT2D eigenvalue weighted by atomic mass is 19.1. The minimum absolute atomic E-state index is 0.0535. The van der Waals surface area contributed by atoms with Crippen molar-refractivity contribution in [3.05, 3.63) is 58.4 Å². The second-order valence-electron chi connectivity index (χ2n) is 6.87. The molecule has 0 saturated heterocycles. The summed E-state index contributed by atoms with van der Waals surface area (Å²) in [7, 11) is 0. The van der Waals surface area contributed by atoms with Gasteiger partial charge in [-0.2, -0.15) is 0 Å². The molecule has 1 aromatic heterocycles. The van der Waals surface area contributed by atoms with Crippen LogP contribution < -0.4 is 11.3 Å². The SMILES string of the molecule is CC1C=CC(n2c(C3CC(N)C3)nc3cccc(F)c3c2=O)=CC1. The molecule has 0 amide bonds. The quantitative estimate of drug-likeness (QED) is 0.922. The van der Waals surface area contributed by atoms with Crippen molar-refractivity contribution in [3.8, 4) is 0 Å². The zero-order chi connectivity index (χ0) is 16.8. The van der Waals surface area contributed by atoms with E-state index in [1.54, 1.807) is 16.7 Å². The Labute approximate surface area is 139 Å². The van der Waals surface area contributed by atoms with Crippen LogP contribution >= 0.6 is 0 Å². The highest BCUT2D eigenvalue weighted by Crippen LogP contribution is 2.36. The molecule has 2 N–H and O–H groups in total. The summed E-state index contributed by atoms with van der Waals surface area (Å²) in [5.74, 6) is 0.763. The topological polar surface area (TPSA) is 60.9 Å². The third kappa shape index (κ3) is 2.40. The van der Waals surface area contributed by atoms with E-state index in [-0.39, 0.29) is 22.9 Å². The second-order valence-corrected chi connectivity index (χ2v) is 6.87. The van der Waals surface area contributed by atoms with Crippen molar-refractivity contribution in [2.75, 3.05) is 0 Å². The molecule has 4 rings (SSSR count). The average Bonchev–Trinajstić information content (AvgIpc) is 2.53. The number of rotatable bonds is 2. The van der Waals surface area contributed by atoms with E-state index in [2.05, 4.69) is 18.0 Å². The molecular formula is C19H20FN3O. The molecule has 0 aliphatic heterocycles. The van der Waals surface area contributed by atoms with Crippen LogP contribution in [-0.2, 0) is 0 Å². The number of fused-ring (bicyclic) bond motifs is 1. The molecule has 24 heavy (non-hydrogen) atoms. The summed E-state index contributed by atoms with van der Waals surface area (Å²) in [6, 6.07) is 4.74. The fourth-order valence-corrected chi connectivity index (χ4v) is 3.48. The minimum Gasteiger partial charge on any atom is -0.328 e. The average molecular weight is 325 g/mol. The molecule has 2 aliphatic carbocycles. The maximum absolute atomic E-state index is 14.2. The lowest BCUT2D eigenvalue weighted by Crippen LogP contribution is -2.38. The standard InChI is InChI=1S/C19H20FN3O/c1-11-5-7-14(8-6-11)23-18(12-9-13(21)10-12)22-16-4-2-3-15(20)17(16)19(23)24/h2-5,7-8,11-13H,6,9-10,21H2,1H3. The van der Waals surface area contributed by atoms with Crippen molar-refractivity contribution in [1.82, 2.24) is 9.55 Å². The van der Waals surface area contributed by atoms with Gasteiger partial charge in [-0.1, -0.05) is 25.1 Å². The monoisotopic (exact) mass is 325 g/mol. The van der Waals surface area contributed by atoms with E-state index < -0.39 is 5.82 Å². The predicted molar refractivity (Wildman–Crippen MR) is 93.1 cm³/mol. The number of benzene rings is 1. The van der Waals surface area contributed by atoms with Gasteiger partial charge in [0.15, 0.2) is 0 Å². The number of allylic oxidation sites excluding steroid dienone is 4. The lowest BCUT2D eigenvalue weighted by atomic mass is 9.80. The fraction of sp³-hybridized carbons (Fsp3) is 0.368. The van der Waals surface area contributed by atoms with E-state index in [4.69, 9.17) is 5.73 Å². The Bertz CT molecular complexity index is 922. The van der Waals surface area contributed by atoms with Gasteiger partial charge in [0, 0.05) is 17.7 Å². The van der Waals surface area contributed by atoms with Crippen LogP contribution in [0, 0.1) is 11.7 Å². The van der Waals surface area contributed by atoms with Gasteiger partial charge in [-0.3, -0.25) is 9.36 Å². The van der Waals surface area contributed by atoms with Gasteiger partial charge in [-0.05, 0) is 43.4 Å². The predicted octanol–water partition coefficient (Wildman–Crippen LogP) is 3.18. The van der Waals surface area contributed by atoms with Crippen molar-refractivity contribution in [2.24, 2.45) is 11.7 Å². The summed E-state index contributed by atoms with van der Waals surface area (Å²) in [5, 5.41) is 0.0535. The maximum atomic E-state index is 14.2. The van der Waals surface area contributed by atoms with Gasteiger partial charge in [0.2, 0.25) is 0 Å². The van der Waals surface area contributed by atoms with Crippen LogP contribution in [0.3, 0.4) is 0 Å². The lowest BCUT2D eigenvalue weighted by molar-refractivity contribution is 0.334. The Morgan fingerprint density at radius 1 is 1.33 bits per heavy atom. The van der Waals surface area contributed by atoms with Crippen LogP contribution in [0.15, 0.2) is 41.2 Å². The van der Waals surface area contributed by atoms with Crippen LogP contribution in [0.5, 0.6) is 0 Å². The first-order valence-corrected chi connectivity index (χ1v) is 8.40. The molecule has 2 aliphatic rings. The van der Waals surface area contributed by atoms with Crippen molar-refractivity contribution in [3.63, 3.8) is 0 Å². The number of aromatic nitrogens is 2. The van der Waals surface area contributed by atoms with Crippen LogP contribution in [0.2, 0.25) is 0 Å². The molecule has 4 nitrogen and oxygen atoms in total. The molecule has 0 radical (unpaired) electrons. The Kier molecular flexibility index (Phi) is 3.61. The first kappa shape index (κ1) is 15.3. The molecule has 1 fully saturated rings. The van der Waals surface area contributed by atoms with Gasteiger partial charge in [0.05, 0.1) is 5.52 Å². The molecule has 1 heterocycles. The van der Waals surface area contributed by atoms with Gasteiger partial charge in [0.25, 0.3) is 5.56 Å². The molecule has 1 aromatic carbocycles. The largest absolute Gasteiger partial charge is 0.328 e. The number of hydrogen-bond donors (Lipinski definition) is 1. The summed E-state index contributed by atoms with van der Waals surface area (Å²) in [5.41, 5.74) is 6.79. The Hall–Kier alpha value is -2.27. The van der Waals surface area contributed by atoms with E-state index in [1.165, 1.54) is 6.07 Å². The molecule has 1 atom stereocenters. The Morgan fingerprint density at radius 2 is 2.12 bits per heavy atom. The van der Waals surface area contributed by atoms with Crippen LogP contribution in [0.25, 0.3) is 16.6 Å². The number of hydrogen-bond acceptors (Lipinski definition) is 3. The molecule has 0 spiro atoms. The second kappa shape index (κ2) is 5.67. The zero-order valence-corrected chi connectivity index (χ0v) is 13.6. The van der Waals surface area contributed by atoms with Crippen LogP contribution in [0.1, 0.15) is 37.9 Å². The smallest absolute Gasteiger partial charge is 0.268 e. The van der Waals surface area contributed by atoms with Gasteiger partial charge in [0.1, 0.15) is 17.0 Å². The van der Waals surface area contributed by atoms with E-state index in [9.17, 15) is 9.18 Å². The molecular weight excluding hydrogens is 305 g/mol. The third-order valence-corrected chi connectivity index (χ3v) is 4.96. The lowest BCUT2D eigenvalue weighted by Gasteiger charge is -2.33. The Morgan fingerprint density at radius 3 is 2.79 bits per heavy atom. The molecule has 0 bridgehead atoms. The van der Waals surface area contributed by atoms with Gasteiger partial charge < -0.3 is 5.73 Å². The summed E-state index contributed by atoms with van der Waals surface area (Å²) in [6.45, 7) is 2.12. The van der Waals surface area contributed by atoms with Gasteiger partial charge in [-0.15, -0.1) is 0 Å². The summed E-state index contributed by atoms with van der Waals surface area (Å²) in [6.07, 6.45) is 8.51. The first-order valence-electron chi connectivity index (χ1n) is 8.40. The number of nitrogens with zero attached hydrogens (tertiary/aromatic N) is 2. The number of nitrogens with two attached hydrogens (primary N) is 1. The van der Waals surface area contributed by atoms with Crippen LogP contribution in [-0.4, -0.2) is 15.6 Å². The van der Waals surface area contributed by atoms with Gasteiger partial charge >= 0.3 is 0 Å². The van der Waals surface area contributed by atoms with Crippen molar-refractivity contribution < 1.29 is 4.39 Å². The van der Waals surface area contributed by atoms with Gasteiger partial charge in [-0.25, -0.2) is 9.37 Å². The first-order chi connectivity index (χ1) is 11.5. The minimum atomic E-state index is -0.524. The van der Waals surface area contributed by atoms with E-state index in [0.717, 1.165) is 25.0 Å². The van der Waals surface area contributed by atoms with Crippen molar-refractivity contribution in [1.29, 1.82) is 0 Å². The maximum Gasteiger partial charge on any atom is 0.268 e. The van der Waals surface area contributed by atoms with E-state index in [0.29, 0.717) is 17.3 Å². The zero-order valence-electron chi connectivity index (χ0n) is 13.6. The summed E-state index contributed by atoms with van der Waals surface area (Å²) >= 11 is 0. The highest BCUT2D eigenvalue weighted by Gasteiger charge is 2.32. The molecule has 1 saturated carbocycles. The highest BCUT2D eigenvalue weighted by molar-refractivity contribution is 5.79. The molecule has 124 valence electrons. The normalized spacial score (nSPS) is 26.3. The van der Waals surface area contributed by atoms with E-state index >= 15 is 0 Å². The summed E-state index contributed by atoms with van der Waals surface area (Å²) in [4.78, 5) is 17.7. The number of halogens is 1. The Balaban J connectivity index is 1.97. The van der Waals surface area contributed by atoms with Crippen molar-refractivity contribution in [2.45, 2.75) is 38.1 Å². The van der Waals surface area contributed by atoms with Crippen molar-refractivity contribution >= 4 is 16.6 Å². The summed E-state index contributed by atoms with van der Waals surface area (Å²) < 4.78 is 15.8. The third-order valence-electron chi connectivity index (χ3n) is 4.96. The molecule has 1 unspecified atom stereocenters. The molecule has 5 heteroatoms. The fourth-order valence-electron chi connectivity index (χ4n) is 3.48.